The van der Waals surface area contributed by atoms with Crippen molar-refractivity contribution in [3.8, 4) is 0 Å². The fraction of sp³-hybridized carbons (Fsp3) is 0.562. The summed E-state index contributed by atoms with van der Waals surface area (Å²) in [6.45, 7) is 4.99. The van der Waals surface area contributed by atoms with Crippen molar-refractivity contribution in [2.75, 3.05) is 6.54 Å². The highest BCUT2D eigenvalue weighted by Crippen LogP contribution is 1.98. The van der Waals surface area contributed by atoms with Gasteiger partial charge in [-0.25, -0.2) is 0 Å². The number of amides is 1. The first-order chi connectivity index (χ1) is 9.72. The predicted octanol–water partition coefficient (Wildman–Crippen LogP) is 1.06. The zero-order chi connectivity index (χ0) is 16.3. The van der Waals surface area contributed by atoms with Crippen molar-refractivity contribution >= 4 is 5.91 Å². The standard InChI is InChI=1S/C16H27NO4/c1-13(18)14(19)10-8-6-4-5-7-9-11-15(20)17-12-16(2,3)21/h4,6,8-11,13-14,18-19,21H,5,7,12H2,1-3H3,(H,17,20)/b6-4-,10-8+,11-9+/t13-,14-/m0/s1. The summed E-state index contributed by atoms with van der Waals surface area (Å²) in [7, 11) is 0. The van der Waals surface area contributed by atoms with Crippen LogP contribution in [0.2, 0.25) is 0 Å². The number of hydrogen-bond donors (Lipinski definition) is 4. The molecular formula is C16H27NO4. The number of carbonyl (C=O) groups is 1. The van der Waals surface area contributed by atoms with Crippen LogP contribution in [-0.2, 0) is 4.79 Å². The summed E-state index contributed by atoms with van der Waals surface area (Å²) in [4.78, 5) is 11.4. The predicted molar refractivity (Wildman–Crippen MR) is 83.6 cm³/mol. The van der Waals surface area contributed by atoms with Crippen molar-refractivity contribution < 1.29 is 20.1 Å². The highest BCUT2D eigenvalue weighted by atomic mass is 16.3. The lowest BCUT2D eigenvalue weighted by Crippen LogP contribution is -2.37. The molecule has 0 bridgehead atoms. The van der Waals surface area contributed by atoms with Crippen LogP contribution in [0.3, 0.4) is 0 Å². The van der Waals surface area contributed by atoms with E-state index in [1.165, 1.54) is 19.1 Å². The van der Waals surface area contributed by atoms with Gasteiger partial charge in [0.2, 0.25) is 5.91 Å². The van der Waals surface area contributed by atoms with Gasteiger partial charge < -0.3 is 20.6 Å². The van der Waals surface area contributed by atoms with Gasteiger partial charge in [0, 0.05) is 6.54 Å². The summed E-state index contributed by atoms with van der Waals surface area (Å²) >= 11 is 0. The summed E-state index contributed by atoms with van der Waals surface area (Å²) < 4.78 is 0. The molecule has 4 N–H and O–H groups in total. The van der Waals surface area contributed by atoms with Crippen LogP contribution >= 0.6 is 0 Å². The monoisotopic (exact) mass is 297 g/mol. The molecule has 0 aromatic rings. The molecule has 0 rings (SSSR count). The molecule has 0 spiro atoms. The number of aliphatic hydroxyl groups is 3. The smallest absolute Gasteiger partial charge is 0.243 e. The largest absolute Gasteiger partial charge is 0.390 e. The molecule has 0 aliphatic heterocycles. The van der Waals surface area contributed by atoms with E-state index in [0.717, 1.165) is 12.8 Å². The van der Waals surface area contributed by atoms with Crippen molar-refractivity contribution in [1.82, 2.24) is 5.32 Å². The second-order valence-corrected chi connectivity index (χ2v) is 5.55. The Balaban J connectivity index is 3.79. The van der Waals surface area contributed by atoms with E-state index in [-0.39, 0.29) is 12.5 Å². The summed E-state index contributed by atoms with van der Waals surface area (Å²) in [5.74, 6) is -0.221. The lowest BCUT2D eigenvalue weighted by atomic mass is 10.1. The first kappa shape index (κ1) is 19.6. The molecule has 0 unspecified atom stereocenters. The molecule has 5 nitrogen and oxygen atoms in total. The normalized spacial score (nSPS) is 15.9. The zero-order valence-corrected chi connectivity index (χ0v) is 13.0. The summed E-state index contributed by atoms with van der Waals surface area (Å²) in [5.41, 5.74) is -0.908. The molecule has 0 aromatic heterocycles. The van der Waals surface area contributed by atoms with Crippen LogP contribution in [0, 0.1) is 0 Å². The van der Waals surface area contributed by atoms with Gasteiger partial charge in [-0.15, -0.1) is 0 Å². The average Bonchev–Trinajstić information content (AvgIpc) is 2.38. The number of aliphatic hydroxyl groups excluding tert-OH is 2. The molecule has 1 amide bonds. The van der Waals surface area contributed by atoms with Crippen LogP contribution in [0.4, 0.5) is 0 Å². The highest BCUT2D eigenvalue weighted by molar-refractivity contribution is 5.87. The van der Waals surface area contributed by atoms with Crippen LogP contribution in [0.1, 0.15) is 33.6 Å². The summed E-state index contributed by atoms with van der Waals surface area (Å²) in [6, 6.07) is 0. The Morgan fingerprint density at radius 1 is 1.19 bits per heavy atom. The Bertz CT molecular complexity index is 378. The highest BCUT2D eigenvalue weighted by Gasteiger charge is 2.12. The quantitative estimate of drug-likeness (QED) is 0.291. The van der Waals surface area contributed by atoms with Gasteiger partial charge in [-0.1, -0.05) is 30.4 Å². The number of unbranched alkanes of at least 4 members (excludes halogenated alkanes) is 1. The van der Waals surface area contributed by atoms with Gasteiger partial charge in [-0.2, -0.15) is 0 Å². The number of carbonyl (C=O) groups excluding carboxylic acids is 1. The second-order valence-electron chi connectivity index (χ2n) is 5.55. The van der Waals surface area contributed by atoms with Crippen molar-refractivity contribution in [1.29, 1.82) is 0 Å². The Labute approximate surface area is 126 Å². The maximum atomic E-state index is 11.4. The van der Waals surface area contributed by atoms with E-state index < -0.39 is 17.8 Å². The van der Waals surface area contributed by atoms with E-state index in [1.807, 2.05) is 6.08 Å². The van der Waals surface area contributed by atoms with Crippen LogP contribution in [0.25, 0.3) is 0 Å². The van der Waals surface area contributed by atoms with Crippen LogP contribution in [-0.4, -0.2) is 45.6 Å². The molecule has 5 heteroatoms. The van der Waals surface area contributed by atoms with Gasteiger partial charge in [0.05, 0.1) is 17.8 Å². The molecule has 0 saturated heterocycles. The molecule has 0 fully saturated rings. The average molecular weight is 297 g/mol. The lowest BCUT2D eigenvalue weighted by Gasteiger charge is -2.16. The van der Waals surface area contributed by atoms with Crippen LogP contribution in [0.5, 0.6) is 0 Å². The Hall–Kier alpha value is -1.43. The van der Waals surface area contributed by atoms with E-state index in [4.69, 9.17) is 5.11 Å². The maximum Gasteiger partial charge on any atom is 0.243 e. The molecule has 0 aromatic carbocycles. The summed E-state index contributed by atoms with van der Waals surface area (Å²) in [6.07, 6.45) is 9.96. The maximum absolute atomic E-state index is 11.4. The molecule has 0 aliphatic carbocycles. The van der Waals surface area contributed by atoms with Gasteiger partial charge in [0.1, 0.15) is 0 Å². The molecule has 21 heavy (non-hydrogen) atoms. The fourth-order valence-corrected chi connectivity index (χ4v) is 1.26. The van der Waals surface area contributed by atoms with E-state index in [1.54, 1.807) is 32.1 Å². The van der Waals surface area contributed by atoms with Gasteiger partial charge in [0.25, 0.3) is 0 Å². The number of allylic oxidation sites excluding steroid dienone is 4. The number of hydrogen-bond acceptors (Lipinski definition) is 4. The lowest BCUT2D eigenvalue weighted by molar-refractivity contribution is -0.117. The third-order valence-corrected chi connectivity index (χ3v) is 2.51. The third kappa shape index (κ3) is 13.3. The molecule has 0 radical (unpaired) electrons. The van der Waals surface area contributed by atoms with Crippen LogP contribution < -0.4 is 5.32 Å². The minimum atomic E-state index is -0.908. The van der Waals surface area contributed by atoms with Crippen LogP contribution in [0.15, 0.2) is 36.5 Å². The third-order valence-electron chi connectivity index (χ3n) is 2.51. The minimum Gasteiger partial charge on any atom is -0.390 e. The second kappa shape index (κ2) is 10.3. The molecule has 2 atom stereocenters. The van der Waals surface area contributed by atoms with Gasteiger partial charge in [-0.05, 0) is 39.7 Å². The Morgan fingerprint density at radius 3 is 2.38 bits per heavy atom. The van der Waals surface area contributed by atoms with E-state index >= 15 is 0 Å². The van der Waals surface area contributed by atoms with Crippen molar-refractivity contribution in [3.05, 3.63) is 36.5 Å². The molecule has 0 saturated carbocycles. The fourth-order valence-electron chi connectivity index (χ4n) is 1.26. The topological polar surface area (TPSA) is 89.8 Å². The van der Waals surface area contributed by atoms with E-state index in [0.29, 0.717) is 0 Å². The van der Waals surface area contributed by atoms with E-state index in [2.05, 4.69) is 5.32 Å². The Morgan fingerprint density at radius 2 is 1.81 bits per heavy atom. The first-order valence-corrected chi connectivity index (χ1v) is 7.08. The first-order valence-electron chi connectivity index (χ1n) is 7.08. The minimum absolute atomic E-state index is 0.215. The van der Waals surface area contributed by atoms with Gasteiger partial charge in [-0.3, -0.25) is 4.79 Å². The summed E-state index contributed by atoms with van der Waals surface area (Å²) in [5, 5.41) is 30.4. The Kier molecular flexibility index (Phi) is 9.62. The number of rotatable bonds is 9. The molecule has 0 heterocycles. The molecular weight excluding hydrogens is 270 g/mol. The van der Waals surface area contributed by atoms with Gasteiger partial charge >= 0.3 is 0 Å². The SMILES string of the molecule is C[C@H](O)[C@@H](O)/C=C/C=C\CC/C=C/C(=O)NCC(C)(C)O. The van der Waals surface area contributed by atoms with Crippen molar-refractivity contribution in [2.45, 2.75) is 51.4 Å². The molecule has 120 valence electrons. The zero-order valence-electron chi connectivity index (χ0n) is 13.0. The molecule has 0 aliphatic rings. The van der Waals surface area contributed by atoms with Crippen molar-refractivity contribution in [2.24, 2.45) is 0 Å². The van der Waals surface area contributed by atoms with Crippen molar-refractivity contribution in [3.63, 3.8) is 0 Å². The van der Waals surface area contributed by atoms with E-state index in [9.17, 15) is 15.0 Å². The number of nitrogens with one attached hydrogen (secondary N) is 1. The van der Waals surface area contributed by atoms with Gasteiger partial charge in [0.15, 0.2) is 0 Å².